The number of hydrogen-bond acceptors (Lipinski definition) is 4. The lowest BCUT2D eigenvalue weighted by Crippen LogP contribution is -2.12. The highest BCUT2D eigenvalue weighted by molar-refractivity contribution is 7.09. The lowest BCUT2D eigenvalue weighted by Gasteiger charge is -2.09. The molecular weight excluding hydrogens is 382 g/mol. The Labute approximate surface area is 166 Å². The first-order valence-corrected chi connectivity index (χ1v) is 10.1. The van der Waals surface area contributed by atoms with Gasteiger partial charge in [-0.25, -0.2) is 4.98 Å². The van der Waals surface area contributed by atoms with Gasteiger partial charge >= 0.3 is 0 Å². The van der Waals surface area contributed by atoms with Gasteiger partial charge in [0.05, 0.1) is 17.0 Å². The summed E-state index contributed by atoms with van der Waals surface area (Å²) in [6.45, 7) is 3.22. The Kier molecular flexibility index (Phi) is 4.93. The number of benzene rings is 1. The van der Waals surface area contributed by atoms with Crippen molar-refractivity contribution in [1.82, 2.24) is 9.55 Å². The fraction of sp³-hybridized carbons (Fsp3) is 0.300. The molecule has 1 aromatic carbocycles. The molecule has 0 bridgehead atoms. The highest BCUT2D eigenvalue weighted by Gasteiger charge is 2.26. The van der Waals surface area contributed by atoms with Gasteiger partial charge in [0.15, 0.2) is 0 Å². The van der Waals surface area contributed by atoms with Gasteiger partial charge in [-0.15, -0.1) is 11.3 Å². The molecule has 7 heteroatoms. The normalized spacial score (nSPS) is 13.7. The third-order valence-electron chi connectivity index (χ3n) is 4.74. The van der Waals surface area contributed by atoms with Gasteiger partial charge in [-0.05, 0) is 49.9 Å². The third kappa shape index (κ3) is 4.01. The predicted octanol–water partition coefficient (Wildman–Crippen LogP) is 4.66. The SMILES string of the molecule is Cc1c(C(N)=O)cc(-c2csc(COc3cccc(Cl)c3)n2)n1CC1CC1. The Morgan fingerprint density at radius 3 is 2.93 bits per heavy atom. The first-order chi connectivity index (χ1) is 13.0. The van der Waals surface area contributed by atoms with Crippen LogP contribution in [0.2, 0.25) is 5.02 Å². The number of nitrogens with zero attached hydrogens (tertiary/aromatic N) is 2. The average molecular weight is 402 g/mol. The molecule has 0 unspecified atom stereocenters. The molecule has 27 heavy (non-hydrogen) atoms. The minimum atomic E-state index is -0.400. The summed E-state index contributed by atoms with van der Waals surface area (Å²) in [5, 5.41) is 3.50. The van der Waals surface area contributed by atoms with Crippen LogP contribution in [-0.4, -0.2) is 15.5 Å². The van der Waals surface area contributed by atoms with Gasteiger partial charge in [0.25, 0.3) is 5.91 Å². The van der Waals surface area contributed by atoms with E-state index >= 15 is 0 Å². The van der Waals surface area contributed by atoms with E-state index in [0.29, 0.717) is 28.9 Å². The van der Waals surface area contributed by atoms with Gasteiger partial charge < -0.3 is 15.0 Å². The molecule has 4 rings (SSSR count). The molecule has 1 aliphatic carbocycles. The summed E-state index contributed by atoms with van der Waals surface area (Å²) < 4.78 is 7.95. The summed E-state index contributed by atoms with van der Waals surface area (Å²) >= 11 is 7.52. The number of rotatable bonds is 7. The van der Waals surface area contributed by atoms with Crippen molar-refractivity contribution in [2.45, 2.75) is 32.9 Å². The van der Waals surface area contributed by atoms with E-state index in [0.717, 1.165) is 28.6 Å². The minimum absolute atomic E-state index is 0.371. The van der Waals surface area contributed by atoms with Crippen LogP contribution in [0.4, 0.5) is 0 Å². The monoisotopic (exact) mass is 401 g/mol. The van der Waals surface area contributed by atoms with Crippen LogP contribution < -0.4 is 10.5 Å². The summed E-state index contributed by atoms with van der Waals surface area (Å²) in [7, 11) is 0. The quantitative estimate of drug-likeness (QED) is 0.625. The Morgan fingerprint density at radius 2 is 2.22 bits per heavy atom. The van der Waals surface area contributed by atoms with Gasteiger partial charge in [0.2, 0.25) is 0 Å². The molecule has 0 radical (unpaired) electrons. The lowest BCUT2D eigenvalue weighted by atomic mass is 10.2. The van der Waals surface area contributed by atoms with Crippen molar-refractivity contribution in [1.29, 1.82) is 0 Å². The van der Waals surface area contributed by atoms with Crippen LogP contribution >= 0.6 is 22.9 Å². The van der Waals surface area contributed by atoms with Gasteiger partial charge in [-0.3, -0.25) is 4.79 Å². The van der Waals surface area contributed by atoms with Crippen LogP contribution in [0.15, 0.2) is 35.7 Å². The largest absolute Gasteiger partial charge is 0.486 e. The standard InChI is InChI=1S/C20H20ClN3O2S/c1-12-16(20(22)25)8-18(24(12)9-13-5-6-13)17-11-27-19(23-17)10-26-15-4-2-3-14(21)7-15/h2-4,7-8,11,13H,5-6,9-10H2,1H3,(H2,22,25). The minimum Gasteiger partial charge on any atom is -0.486 e. The predicted molar refractivity (Wildman–Crippen MR) is 107 cm³/mol. The van der Waals surface area contributed by atoms with Crippen molar-refractivity contribution in [2.75, 3.05) is 0 Å². The van der Waals surface area contributed by atoms with Crippen molar-refractivity contribution < 1.29 is 9.53 Å². The van der Waals surface area contributed by atoms with E-state index in [4.69, 9.17) is 27.1 Å². The number of ether oxygens (including phenoxy) is 1. The fourth-order valence-electron chi connectivity index (χ4n) is 3.10. The second-order valence-electron chi connectivity index (χ2n) is 6.82. The zero-order valence-corrected chi connectivity index (χ0v) is 16.5. The van der Waals surface area contributed by atoms with E-state index in [1.807, 2.05) is 36.6 Å². The first kappa shape index (κ1) is 18.1. The van der Waals surface area contributed by atoms with Crippen molar-refractivity contribution >= 4 is 28.8 Å². The number of thiazole rings is 1. The molecule has 0 aliphatic heterocycles. The van der Waals surface area contributed by atoms with Crippen LogP contribution in [0.1, 0.15) is 33.9 Å². The van der Waals surface area contributed by atoms with E-state index in [1.54, 1.807) is 6.07 Å². The average Bonchev–Trinajstić information content (AvgIpc) is 3.23. The number of halogens is 1. The van der Waals surface area contributed by atoms with E-state index < -0.39 is 5.91 Å². The molecule has 2 N–H and O–H groups in total. The fourth-order valence-corrected chi connectivity index (χ4v) is 3.98. The highest BCUT2D eigenvalue weighted by Crippen LogP contribution is 2.35. The highest BCUT2D eigenvalue weighted by atomic mass is 35.5. The van der Waals surface area contributed by atoms with E-state index in [1.165, 1.54) is 24.2 Å². The van der Waals surface area contributed by atoms with Gasteiger partial charge in [-0.2, -0.15) is 0 Å². The molecule has 0 atom stereocenters. The molecule has 0 spiro atoms. The van der Waals surface area contributed by atoms with Gasteiger partial charge in [-0.1, -0.05) is 17.7 Å². The molecule has 0 saturated heterocycles. The van der Waals surface area contributed by atoms with Crippen molar-refractivity contribution in [2.24, 2.45) is 11.7 Å². The molecule has 1 aliphatic rings. The van der Waals surface area contributed by atoms with Crippen molar-refractivity contribution in [3.63, 3.8) is 0 Å². The smallest absolute Gasteiger partial charge is 0.250 e. The van der Waals surface area contributed by atoms with Gasteiger partial charge in [0, 0.05) is 22.6 Å². The summed E-state index contributed by atoms with van der Waals surface area (Å²) in [5.74, 6) is 0.992. The summed E-state index contributed by atoms with van der Waals surface area (Å²) in [4.78, 5) is 16.5. The first-order valence-electron chi connectivity index (χ1n) is 8.84. The molecule has 2 heterocycles. The summed E-state index contributed by atoms with van der Waals surface area (Å²) in [6, 6.07) is 9.16. The molecule has 1 saturated carbocycles. The Hall–Kier alpha value is -2.31. The zero-order chi connectivity index (χ0) is 19.0. The van der Waals surface area contributed by atoms with Crippen LogP contribution in [0, 0.1) is 12.8 Å². The van der Waals surface area contributed by atoms with Crippen molar-refractivity contribution in [3.8, 4) is 17.1 Å². The van der Waals surface area contributed by atoms with Crippen molar-refractivity contribution in [3.05, 3.63) is 57.0 Å². The number of carbonyl (C=O) groups excluding carboxylic acids is 1. The Bertz CT molecular complexity index is 991. The second kappa shape index (κ2) is 7.37. The third-order valence-corrected chi connectivity index (χ3v) is 5.80. The van der Waals surface area contributed by atoms with Gasteiger partial charge in [0.1, 0.15) is 17.4 Å². The molecule has 3 aromatic rings. The zero-order valence-electron chi connectivity index (χ0n) is 14.9. The number of nitrogens with two attached hydrogens (primary N) is 1. The molecule has 2 aromatic heterocycles. The molecule has 140 valence electrons. The summed E-state index contributed by atoms with van der Waals surface area (Å²) in [6.07, 6.45) is 2.47. The van der Waals surface area contributed by atoms with E-state index in [2.05, 4.69) is 4.57 Å². The maximum absolute atomic E-state index is 11.8. The number of aromatic nitrogens is 2. The number of hydrogen-bond donors (Lipinski definition) is 1. The Morgan fingerprint density at radius 1 is 1.41 bits per heavy atom. The maximum atomic E-state index is 11.8. The number of carbonyl (C=O) groups is 1. The van der Waals surface area contributed by atoms with Crippen LogP contribution in [0.5, 0.6) is 5.75 Å². The van der Waals surface area contributed by atoms with Crippen LogP contribution in [0.3, 0.4) is 0 Å². The van der Waals surface area contributed by atoms with Crippen LogP contribution in [0.25, 0.3) is 11.4 Å². The summed E-state index contributed by atoms with van der Waals surface area (Å²) in [5.41, 5.74) is 8.82. The molecular formula is C20H20ClN3O2S. The van der Waals surface area contributed by atoms with E-state index in [9.17, 15) is 4.79 Å². The van der Waals surface area contributed by atoms with E-state index in [-0.39, 0.29) is 0 Å². The topological polar surface area (TPSA) is 70.1 Å². The molecule has 5 nitrogen and oxygen atoms in total. The number of amides is 1. The Balaban J connectivity index is 1.57. The van der Waals surface area contributed by atoms with Crippen LogP contribution in [-0.2, 0) is 13.2 Å². The lowest BCUT2D eigenvalue weighted by molar-refractivity contribution is 0.0999. The maximum Gasteiger partial charge on any atom is 0.250 e. The second-order valence-corrected chi connectivity index (χ2v) is 8.20. The number of primary amides is 1. The molecule has 1 fully saturated rings. The molecule has 1 amide bonds.